The zero-order valence-electron chi connectivity index (χ0n) is 11.7. The van der Waals surface area contributed by atoms with Crippen LogP contribution in [0.3, 0.4) is 0 Å². The number of carboxylic acids is 1. The van der Waals surface area contributed by atoms with Gasteiger partial charge in [0.2, 0.25) is 11.8 Å². The van der Waals surface area contributed by atoms with Crippen LogP contribution < -0.4 is 4.90 Å². The Hall–Kier alpha value is -2.47. The molecule has 0 radical (unpaired) electrons. The topological polar surface area (TPSA) is 83.9 Å². The lowest BCUT2D eigenvalue weighted by molar-refractivity contribution is -0.126. The lowest BCUT2D eigenvalue weighted by Crippen LogP contribution is -2.38. The molecular formula is C16H13NO5. The second-order valence-electron chi connectivity index (χ2n) is 6.00. The van der Waals surface area contributed by atoms with E-state index in [0.717, 1.165) is 4.90 Å². The van der Waals surface area contributed by atoms with E-state index >= 15 is 0 Å². The lowest BCUT2D eigenvalue weighted by Gasteiger charge is -2.24. The van der Waals surface area contributed by atoms with Gasteiger partial charge in [-0.1, -0.05) is 18.2 Å². The molecule has 3 heterocycles. The summed E-state index contributed by atoms with van der Waals surface area (Å²) in [6.45, 7) is 1.80. The predicted octanol–water partition coefficient (Wildman–Crippen LogP) is 1.22. The van der Waals surface area contributed by atoms with Gasteiger partial charge in [-0.25, -0.2) is 9.69 Å². The molecule has 2 bridgehead atoms. The Morgan fingerprint density at radius 2 is 2.09 bits per heavy atom. The third-order valence-corrected chi connectivity index (χ3v) is 4.68. The maximum atomic E-state index is 12.7. The van der Waals surface area contributed by atoms with Crippen LogP contribution in [0, 0.1) is 11.8 Å². The standard InChI is InChI=1S/C16H13NO5/c1-16-6-5-10(22-16)11-12(16)14(19)17(13(11)18)9-4-2-3-8(7-9)15(20)21/h2-7,10-12H,1H3,(H,20,21)/t10-,11+,12+,16+/m1/s1. The van der Waals surface area contributed by atoms with Crippen LogP contribution in [-0.2, 0) is 14.3 Å². The number of hydrogen-bond donors (Lipinski definition) is 1. The number of ether oxygens (including phenoxy) is 1. The van der Waals surface area contributed by atoms with Gasteiger partial charge in [0, 0.05) is 0 Å². The van der Waals surface area contributed by atoms with Crippen molar-refractivity contribution in [1.82, 2.24) is 0 Å². The Bertz CT molecular complexity index is 755. The largest absolute Gasteiger partial charge is 0.478 e. The summed E-state index contributed by atoms with van der Waals surface area (Å²) in [6, 6.07) is 5.87. The van der Waals surface area contributed by atoms with E-state index in [4.69, 9.17) is 9.84 Å². The second kappa shape index (κ2) is 4.04. The molecule has 1 aromatic rings. The molecule has 6 heteroatoms. The van der Waals surface area contributed by atoms with Gasteiger partial charge in [0.1, 0.15) is 0 Å². The third kappa shape index (κ3) is 1.50. The van der Waals surface area contributed by atoms with Gasteiger partial charge in [0.15, 0.2) is 0 Å². The van der Waals surface area contributed by atoms with Gasteiger partial charge in [-0.15, -0.1) is 0 Å². The number of aromatic carboxylic acids is 1. The maximum Gasteiger partial charge on any atom is 0.335 e. The number of anilines is 1. The van der Waals surface area contributed by atoms with Crippen LogP contribution in [0.15, 0.2) is 36.4 Å². The smallest absolute Gasteiger partial charge is 0.335 e. The quantitative estimate of drug-likeness (QED) is 0.655. The van der Waals surface area contributed by atoms with E-state index in [0.29, 0.717) is 5.69 Å². The fourth-order valence-corrected chi connectivity index (χ4v) is 3.69. The Labute approximate surface area is 126 Å². The van der Waals surface area contributed by atoms with Crippen molar-refractivity contribution in [2.24, 2.45) is 11.8 Å². The minimum Gasteiger partial charge on any atom is -0.478 e. The SMILES string of the molecule is C[C@@]12C=C[C@@H](O1)[C@@H]1C(=O)N(c3cccc(C(=O)O)c3)C(=O)[C@H]12. The predicted molar refractivity (Wildman–Crippen MR) is 75.3 cm³/mol. The van der Waals surface area contributed by atoms with Crippen molar-refractivity contribution in [2.75, 3.05) is 4.90 Å². The van der Waals surface area contributed by atoms with Gasteiger partial charge < -0.3 is 9.84 Å². The molecular weight excluding hydrogens is 286 g/mol. The molecule has 4 rings (SSSR count). The number of nitrogens with zero attached hydrogens (tertiary/aromatic N) is 1. The van der Waals surface area contributed by atoms with Crippen molar-refractivity contribution < 1.29 is 24.2 Å². The van der Waals surface area contributed by atoms with Crippen LogP contribution in [0.2, 0.25) is 0 Å². The van der Waals surface area contributed by atoms with E-state index in [9.17, 15) is 14.4 Å². The number of carbonyl (C=O) groups excluding carboxylic acids is 2. The maximum absolute atomic E-state index is 12.7. The number of rotatable bonds is 2. The van der Waals surface area contributed by atoms with Gasteiger partial charge in [-0.3, -0.25) is 9.59 Å². The summed E-state index contributed by atoms with van der Waals surface area (Å²) in [6.07, 6.45) is 3.28. The summed E-state index contributed by atoms with van der Waals surface area (Å²) in [4.78, 5) is 37.5. The summed E-state index contributed by atoms with van der Waals surface area (Å²) in [5, 5.41) is 9.06. The molecule has 6 nitrogen and oxygen atoms in total. The normalized spacial score (nSPS) is 35.3. The Morgan fingerprint density at radius 1 is 1.32 bits per heavy atom. The molecule has 0 aromatic heterocycles. The summed E-state index contributed by atoms with van der Waals surface area (Å²) < 4.78 is 5.74. The first-order valence-electron chi connectivity index (χ1n) is 7.01. The first kappa shape index (κ1) is 13.2. The molecule has 1 aromatic carbocycles. The molecule has 2 fully saturated rings. The number of carboxylic acid groups (broad SMARTS) is 1. The van der Waals surface area contributed by atoms with Gasteiger partial charge in [-0.2, -0.15) is 0 Å². The molecule has 112 valence electrons. The lowest BCUT2D eigenvalue weighted by atomic mass is 9.78. The molecule has 0 spiro atoms. The molecule has 4 atom stereocenters. The highest BCUT2D eigenvalue weighted by molar-refractivity contribution is 6.23. The van der Waals surface area contributed by atoms with E-state index in [1.165, 1.54) is 18.2 Å². The molecule has 22 heavy (non-hydrogen) atoms. The third-order valence-electron chi connectivity index (χ3n) is 4.68. The second-order valence-corrected chi connectivity index (χ2v) is 6.00. The van der Waals surface area contributed by atoms with Gasteiger partial charge in [0.05, 0.1) is 34.8 Å². The van der Waals surface area contributed by atoms with Crippen molar-refractivity contribution in [2.45, 2.75) is 18.6 Å². The van der Waals surface area contributed by atoms with Gasteiger partial charge in [-0.05, 0) is 25.1 Å². The molecule has 3 aliphatic heterocycles. The number of carbonyl (C=O) groups is 3. The average Bonchev–Trinajstić information content (AvgIpc) is 3.08. The summed E-state index contributed by atoms with van der Waals surface area (Å²) in [7, 11) is 0. The monoisotopic (exact) mass is 299 g/mol. The highest BCUT2D eigenvalue weighted by Crippen LogP contribution is 2.52. The van der Waals surface area contributed by atoms with Crippen LogP contribution in [0.5, 0.6) is 0 Å². The van der Waals surface area contributed by atoms with Crippen LogP contribution in [0.1, 0.15) is 17.3 Å². The molecule has 0 aliphatic carbocycles. The fraction of sp³-hybridized carbons (Fsp3) is 0.312. The first-order valence-corrected chi connectivity index (χ1v) is 7.01. The number of hydrogen-bond acceptors (Lipinski definition) is 4. The van der Waals surface area contributed by atoms with Gasteiger partial charge in [0.25, 0.3) is 0 Å². The van der Waals surface area contributed by atoms with Gasteiger partial charge >= 0.3 is 5.97 Å². The molecule has 2 amide bonds. The van der Waals surface area contributed by atoms with Crippen molar-refractivity contribution in [3.63, 3.8) is 0 Å². The first-order chi connectivity index (χ1) is 10.4. The molecule has 1 N–H and O–H groups in total. The Kier molecular flexibility index (Phi) is 2.43. The minimum absolute atomic E-state index is 0.0405. The highest BCUT2D eigenvalue weighted by atomic mass is 16.5. The summed E-state index contributed by atoms with van der Waals surface area (Å²) in [5.74, 6) is -2.81. The van der Waals surface area contributed by atoms with Crippen molar-refractivity contribution in [3.8, 4) is 0 Å². The van der Waals surface area contributed by atoms with E-state index in [-0.39, 0.29) is 23.5 Å². The van der Waals surface area contributed by atoms with Crippen molar-refractivity contribution >= 4 is 23.5 Å². The van der Waals surface area contributed by atoms with E-state index < -0.39 is 23.4 Å². The van der Waals surface area contributed by atoms with Crippen LogP contribution >= 0.6 is 0 Å². The molecule has 0 saturated carbocycles. The van der Waals surface area contributed by atoms with Crippen LogP contribution in [0.25, 0.3) is 0 Å². The van der Waals surface area contributed by atoms with Crippen molar-refractivity contribution in [1.29, 1.82) is 0 Å². The minimum atomic E-state index is -1.10. The molecule has 2 saturated heterocycles. The van der Waals surface area contributed by atoms with E-state index in [1.807, 2.05) is 12.2 Å². The summed E-state index contributed by atoms with van der Waals surface area (Å²) >= 11 is 0. The number of benzene rings is 1. The molecule has 3 aliphatic rings. The summed E-state index contributed by atoms with van der Waals surface area (Å²) in [5.41, 5.74) is -0.410. The number of imide groups is 1. The average molecular weight is 299 g/mol. The van der Waals surface area contributed by atoms with Crippen molar-refractivity contribution in [3.05, 3.63) is 42.0 Å². The van der Waals surface area contributed by atoms with Crippen LogP contribution in [-0.4, -0.2) is 34.6 Å². The highest BCUT2D eigenvalue weighted by Gasteiger charge is 2.66. The van der Waals surface area contributed by atoms with E-state index in [1.54, 1.807) is 13.0 Å². The zero-order chi connectivity index (χ0) is 15.6. The molecule has 0 unspecified atom stereocenters. The number of amides is 2. The Balaban J connectivity index is 1.77. The van der Waals surface area contributed by atoms with Crippen LogP contribution in [0.4, 0.5) is 5.69 Å². The number of fused-ring (bicyclic) bond motifs is 5. The Morgan fingerprint density at radius 3 is 2.77 bits per heavy atom. The van der Waals surface area contributed by atoms with E-state index in [2.05, 4.69) is 0 Å². The zero-order valence-corrected chi connectivity index (χ0v) is 11.7. The fourth-order valence-electron chi connectivity index (χ4n) is 3.69.